The summed E-state index contributed by atoms with van der Waals surface area (Å²) in [6, 6.07) is 0. The van der Waals surface area contributed by atoms with Gasteiger partial charge >= 0.3 is 11.9 Å². The average molecular weight is 406 g/mol. The van der Waals surface area contributed by atoms with E-state index in [-0.39, 0.29) is 28.9 Å². The smallest absolute Gasteiger partial charge is 0.303 e. The Morgan fingerprint density at radius 3 is 2.34 bits per heavy atom. The first-order valence-corrected chi connectivity index (χ1v) is 11.3. The summed E-state index contributed by atoms with van der Waals surface area (Å²) in [5, 5.41) is 13.4. The van der Waals surface area contributed by atoms with Crippen molar-refractivity contribution in [1.82, 2.24) is 0 Å². The summed E-state index contributed by atoms with van der Waals surface area (Å²) in [6.07, 6.45) is 7.91. The Hall–Kier alpha value is -1.59. The van der Waals surface area contributed by atoms with E-state index in [1.165, 1.54) is 13.8 Å². The predicted octanol–water partition coefficient (Wildman–Crippen LogP) is 4.33. The van der Waals surface area contributed by atoms with E-state index in [0.29, 0.717) is 29.4 Å². The second-order valence-electron chi connectivity index (χ2n) is 10.4. The van der Waals surface area contributed by atoms with Crippen molar-refractivity contribution in [2.24, 2.45) is 39.7 Å². The second kappa shape index (κ2) is 7.28. The molecule has 1 N–H and O–H groups in total. The lowest BCUT2D eigenvalue weighted by molar-refractivity contribution is -0.158. The van der Waals surface area contributed by atoms with Crippen LogP contribution in [0.4, 0.5) is 0 Å². The van der Waals surface area contributed by atoms with Crippen LogP contribution >= 0.6 is 0 Å². The van der Waals surface area contributed by atoms with Gasteiger partial charge in [-0.3, -0.25) is 9.59 Å². The highest BCUT2D eigenvalue weighted by molar-refractivity contribution is 5.97. The Bertz CT molecular complexity index is 720. The third-order valence-corrected chi connectivity index (χ3v) is 9.11. The molecule has 4 rings (SSSR count). The zero-order valence-electron chi connectivity index (χ0n) is 18.1. The predicted molar refractivity (Wildman–Crippen MR) is 107 cm³/mol. The molecule has 0 aromatic carbocycles. The van der Waals surface area contributed by atoms with Crippen LogP contribution < -0.4 is 0 Å². The molecule has 8 unspecified atom stereocenters. The number of ether oxygens (including phenoxy) is 2. The van der Waals surface area contributed by atoms with Gasteiger partial charge in [0.05, 0.1) is 0 Å². The Labute approximate surface area is 173 Å². The Morgan fingerprint density at radius 2 is 1.69 bits per heavy atom. The fraction of sp³-hybridized carbons (Fsp3) is 0.870. The van der Waals surface area contributed by atoms with Crippen molar-refractivity contribution in [3.63, 3.8) is 0 Å². The molecule has 0 spiro atoms. The van der Waals surface area contributed by atoms with E-state index in [2.05, 4.69) is 19.0 Å². The van der Waals surface area contributed by atoms with Gasteiger partial charge in [0.25, 0.3) is 0 Å². The summed E-state index contributed by atoms with van der Waals surface area (Å²) in [5.74, 6) is 1.71. The maximum absolute atomic E-state index is 11.6. The van der Waals surface area contributed by atoms with Gasteiger partial charge < -0.3 is 14.7 Å². The molecule has 4 fully saturated rings. The fourth-order valence-corrected chi connectivity index (χ4v) is 7.83. The first kappa shape index (κ1) is 20.7. The molecule has 4 aliphatic carbocycles. The Balaban J connectivity index is 1.56. The highest BCUT2D eigenvalue weighted by Crippen LogP contribution is 2.66. The molecule has 0 amide bonds. The van der Waals surface area contributed by atoms with Gasteiger partial charge in [-0.25, -0.2) is 0 Å². The standard InChI is InChI=1S/C23H35NO5/c1-13(25)28-16-7-9-22(3)15(11-16)5-6-17-18(22)8-10-23(4)19(17)12-20(21(23)24-27)29-14(2)26/h15-20,27H,5-12H2,1-4H3/b24-21+. The lowest BCUT2D eigenvalue weighted by atomic mass is 9.45. The van der Waals surface area contributed by atoms with E-state index >= 15 is 0 Å². The van der Waals surface area contributed by atoms with Crippen LogP contribution in [-0.2, 0) is 19.1 Å². The van der Waals surface area contributed by atoms with E-state index in [0.717, 1.165) is 51.4 Å². The van der Waals surface area contributed by atoms with Gasteiger partial charge in [-0.05, 0) is 80.5 Å². The van der Waals surface area contributed by atoms with E-state index < -0.39 is 6.10 Å². The van der Waals surface area contributed by atoms with E-state index in [4.69, 9.17) is 9.47 Å². The lowest BCUT2D eigenvalue weighted by Crippen LogP contribution is -2.54. The van der Waals surface area contributed by atoms with Crippen molar-refractivity contribution in [3.05, 3.63) is 0 Å². The van der Waals surface area contributed by atoms with Crippen LogP contribution in [0.2, 0.25) is 0 Å². The third kappa shape index (κ3) is 3.27. The summed E-state index contributed by atoms with van der Waals surface area (Å²) in [5.41, 5.74) is 0.757. The van der Waals surface area contributed by atoms with Crippen LogP contribution in [0, 0.1) is 34.5 Å². The first-order chi connectivity index (χ1) is 13.7. The van der Waals surface area contributed by atoms with Crippen LogP contribution in [0.25, 0.3) is 0 Å². The molecule has 0 saturated heterocycles. The van der Waals surface area contributed by atoms with Crippen LogP contribution in [0.15, 0.2) is 5.16 Å². The van der Waals surface area contributed by atoms with E-state index in [9.17, 15) is 14.8 Å². The number of oxime groups is 1. The average Bonchev–Trinajstić information content (AvgIpc) is 2.92. The van der Waals surface area contributed by atoms with Crippen molar-refractivity contribution in [1.29, 1.82) is 0 Å². The molecule has 8 atom stereocenters. The summed E-state index contributed by atoms with van der Waals surface area (Å²) in [7, 11) is 0. The molecule has 0 heterocycles. The van der Waals surface area contributed by atoms with E-state index in [1.54, 1.807) is 0 Å². The van der Waals surface area contributed by atoms with Crippen molar-refractivity contribution in [3.8, 4) is 0 Å². The molecule has 0 aliphatic heterocycles. The molecule has 4 aliphatic rings. The molecule has 6 nitrogen and oxygen atoms in total. The van der Waals surface area contributed by atoms with Gasteiger partial charge in [0.15, 0.2) is 0 Å². The van der Waals surface area contributed by atoms with Gasteiger partial charge in [0, 0.05) is 19.3 Å². The maximum atomic E-state index is 11.6. The van der Waals surface area contributed by atoms with E-state index in [1.807, 2.05) is 0 Å². The second-order valence-corrected chi connectivity index (χ2v) is 10.4. The highest BCUT2D eigenvalue weighted by atomic mass is 16.5. The van der Waals surface area contributed by atoms with Crippen molar-refractivity contribution in [2.45, 2.75) is 91.3 Å². The Kier molecular flexibility index (Phi) is 5.19. The molecular weight excluding hydrogens is 370 g/mol. The highest BCUT2D eigenvalue weighted by Gasteiger charge is 2.62. The zero-order chi connectivity index (χ0) is 21.0. The number of fused-ring (bicyclic) bond motifs is 5. The quantitative estimate of drug-likeness (QED) is 0.420. The van der Waals surface area contributed by atoms with Gasteiger partial charge in [-0.15, -0.1) is 0 Å². The largest absolute Gasteiger partial charge is 0.463 e. The monoisotopic (exact) mass is 405 g/mol. The minimum absolute atomic E-state index is 0.0731. The number of hydrogen-bond donors (Lipinski definition) is 1. The summed E-state index contributed by atoms with van der Waals surface area (Å²) in [6.45, 7) is 7.60. The minimum atomic E-state index is -0.392. The maximum Gasteiger partial charge on any atom is 0.303 e. The van der Waals surface area contributed by atoms with Crippen molar-refractivity contribution >= 4 is 17.7 Å². The molecule has 0 aromatic heterocycles. The van der Waals surface area contributed by atoms with Crippen LogP contribution in [0.5, 0.6) is 0 Å². The number of carbonyl (C=O) groups excluding carboxylic acids is 2. The van der Waals surface area contributed by atoms with Crippen LogP contribution in [0.3, 0.4) is 0 Å². The molecule has 0 aromatic rings. The molecule has 4 saturated carbocycles. The summed E-state index contributed by atoms with van der Waals surface area (Å²) < 4.78 is 11.1. The number of esters is 2. The van der Waals surface area contributed by atoms with Gasteiger partial charge in [-0.2, -0.15) is 0 Å². The summed E-state index contributed by atoms with van der Waals surface area (Å²) >= 11 is 0. The SMILES string of the molecule is CC(=O)OC1CCC2(C)C(CCC3C4CC(OC(C)=O)/C(=N\O)C4(C)CCC32)C1. The zero-order valence-corrected chi connectivity index (χ0v) is 18.1. The summed E-state index contributed by atoms with van der Waals surface area (Å²) in [4.78, 5) is 23.0. The van der Waals surface area contributed by atoms with Crippen LogP contribution in [0.1, 0.15) is 79.1 Å². The normalized spacial score (nSPS) is 47.7. The van der Waals surface area contributed by atoms with Gasteiger partial charge in [0.2, 0.25) is 0 Å². The fourth-order valence-electron chi connectivity index (χ4n) is 7.83. The molecule has 6 heteroatoms. The third-order valence-electron chi connectivity index (χ3n) is 9.11. The van der Waals surface area contributed by atoms with Crippen molar-refractivity contribution < 1.29 is 24.3 Å². The molecular formula is C23H35NO5. The van der Waals surface area contributed by atoms with Crippen molar-refractivity contribution in [2.75, 3.05) is 0 Å². The molecule has 0 radical (unpaired) electrons. The molecule has 0 bridgehead atoms. The topological polar surface area (TPSA) is 85.2 Å². The molecule has 162 valence electrons. The Morgan fingerprint density at radius 1 is 0.966 bits per heavy atom. The number of rotatable bonds is 2. The molecule has 29 heavy (non-hydrogen) atoms. The van der Waals surface area contributed by atoms with Crippen LogP contribution in [-0.4, -0.2) is 35.1 Å². The lowest BCUT2D eigenvalue weighted by Gasteiger charge is -2.60. The van der Waals surface area contributed by atoms with Gasteiger partial charge in [-0.1, -0.05) is 19.0 Å². The number of nitrogens with zero attached hydrogens (tertiary/aromatic N) is 1. The number of carbonyl (C=O) groups is 2. The first-order valence-electron chi connectivity index (χ1n) is 11.3. The minimum Gasteiger partial charge on any atom is -0.463 e. The van der Waals surface area contributed by atoms with Gasteiger partial charge in [0.1, 0.15) is 17.9 Å². The number of hydrogen-bond acceptors (Lipinski definition) is 6.